The van der Waals surface area contributed by atoms with Crippen molar-refractivity contribution < 1.29 is 9.47 Å². The standard InChI is InChI=1S/C10H21NO2/c1-6-11-9(7-8(2)3)10(12-4)13-5/h7,9-11H,6H2,1-5H3. The number of hydrogen-bond acceptors (Lipinski definition) is 3. The first-order valence-corrected chi connectivity index (χ1v) is 4.59. The molecular formula is C10H21NO2. The fourth-order valence-corrected chi connectivity index (χ4v) is 1.22. The zero-order valence-corrected chi connectivity index (χ0v) is 9.26. The third-order valence-electron chi connectivity index (χ3n) is 1.71. The largest absolute Gasteiger partial charge is 0.354 e. The van der Waals surface area contributed by atoms with E-state index in [0.717, 1.165) is 6.54 Å². The molecule has 1 N–H and O–H groups in total. The lowest BCUT2D eigenvalue weighted by Gasteiger charge is -2.23. The summed E-state index contributed by atoms with van der Waals surface area (Å²) in [4.78, 5) is 0. The number of ether oxygens (including phenoxy) is 2. The Bertz CT molecular complexity index is 149. The molecule has 3 nitrogen and oxygen atoms in total. The van der Waals surface area contributed by atoms with Crippen molar-refractivity contribution in [2.24, 2.45) is 0 Å². The van der Waals surface area contributed by atoms with Crippen molar-refractivity contribution in [3.8, 4) is 0 Å². The van der Waals surface area contributed by atoms with E-state index in [1.807, 2.05) is 0 Å². The summed E-state index contributed by atoms with van der Waals surface area (Å²) in [5, 5.41) is 3.29. The summed E-state index contributed by atoms with van der Waals surface area (Å²) >= 11 is 0. The number of nitrogens with one attached hydrogen (secondary N) is 1. The number of methoxy groups -OCH3 is 2. The first-order valence-electron chi connectivity index (χ1n) is 4.59. The van der Waals surface area contributed by atoms with Crippen molar-refractivity contribution in [3.63, 3.8) is 0 Å². The predicted octanol–water partition coefficient (Wildman–Crippen LogP) is 1.55. The Kier molecular flexibility index (Phi) is 6.86. The second-order valence-electron chi connectivity index (χ2n) is 3.17. The van der Waals surface area contributed by atoms with Crippen LogP contribution in [-0.4, -0.2) is 33.1 Å². The van der Waals surface area contributed by atoms with Crippen LogP contribution in [0.3, 0.4) is 0 Å². The topological polar surface area (TPSA) is 30.5 Å². The zero-order chi connectivity index (χ0) is 10.3. The third kappa shape index (κ3) is 5.03. The van der Waals surface area contributed by atoms with Gasteiger partial charge in [0.15, 0.2) is 6.29 Å². The molecule has 0 aromatic carbocycles. The van der Waals surface area contributed by atoms with Crippen molar-refractivity contribution in [2.45, 2.75) is 33.1 Å². The first-order chi connectivity index (χ1) is 6.15. The van der Waals surface area contributed by atoms with Gasteiger partial charge in [-0.2, -0.15) is 0 Å². The molecule has 0 aliphatic rings. The summed E-state index contributed by atoms with van der Waals surface area (Å²) in [6.07, 6.45) is 1.90. The van der Waals surface area contributed by atoms with Gasteiger partial charge >= 0.3 is 0 Å². The molecule has 3 heteroatoms. The molecule has 0 saturated carbocycles. The van der Waals surface area contributed by atoms with E-state index >= 15 is 0 Å². The summed E-state index contributed by atoms with van der Waals surface area (Å²) in [6.45, 7) is 7.09. The van der Waals surface area contributed by atoms with Crippen LogP contribution < -0.4 is 5.32 Å². The van der Waals surface area contributed by atoms with Crippen LogP contribution in [0, 0.1) is 0 Å². The Morgan fingerprint density at radius 1 is 1.31 bits per heavy atom. The van der Waals surface area contributed by atoms with E-state index in [-0.39, 0.29) is 12.3 Å². The second kappa shape index (κ2) is 7.06. The van der Waals surface area contributed by atoms with E-state index in [1.165, 1.54) is 5.57 Å². The molecule has 0 aliphatic carbocycles. The average molecular weight is 187 g/mol. The number of hydrogen-bond donors (Lipinski definition) is 1. The van der Waals surface area contributed by atoms with Gasteiger partial charge in [0, 0.05) is 14.2 Å². The molecule has 0 rings (SSSR count). The second-order valence-corrected chi connectivity index (χ2v) is 3.17. The van der Waals surface area contributed by atoms with Crippen LogP contribution in [0.15, 0.2) is 11.6 Å². The molecule has 13 heavy (non-hydrogen) atoms. The molecule has 1 unspecified atom stereocenters. The molecule has 0 saturated heterocycles. The SMILES string of the molecule is CCNC(C=C(C)C)C(OC)OC. The van der Waals surface area contributed by atoms with Crippen molar-refractivity contribution in [1.82, 2.24) is 5.32 Å². The van der Waals surface area contributed by atoms with E-state index in [0.29, 0.717) is 0 Å². The van der Waals surface area contributed by atoms with Crippen molar-refractivity contribution >= 4 is 0 Å². The third-order valence-corrected chi connectivity index (χ3v) is 1.71. The Morgan fingerprint density at radius 3 is 2.15 bits per heavy atom. The van der Waals surface area contributed by atoms with Gasteiger partial charge in [0.1, 0.15) is 0 Å². The van der Waals surface area contributed by atoms with Gasteiger partial charge in [-0.3, -0.25) is 0 Å². The summed E-state index contributed by atoms with van der Waals surface area (Å²) in [7, 11) is 3.30. The van der Waals surface area contributed by atoms with Crippen molar-refractivity contribution in [3.05, 3.63) is 11.6 Å². The predicted molar refractivity (Wildman–Crippen MR) is 54.7 cm³/mol. The highest BCUT2D eigenvalue weighted by molar-refractivity contribution is 5.02. The molecule has 0 aliphatic heterocycles. The smallest absolute Gasteiger partial charge is 0.175 e. The van der Waals surface area contributed by atoms with Gasteiger partial charge in [-0.25, -0.2) is 0 Å². The van der Waals surface area contributed by atoms with Gasteiger partial charge < -0.3 is 14.8 Å². The van der Waals surface area contributed by atoms with Gasteiger partial charge in [-0.05, 0) is 20.4 Å². The highest BCUT2D eigenvalue weighted by atomic mass is 16.7. The van der Waals surface area contributed by atoms with E-state index in [1.54, 1.807) is 14.2 Å². The van der Waals surface area contributed by atoms with Gasteiger partial charge in [0.25, 0.3) is 0 Å². The molecule has 0 heterocycles. The molecule has 0 amide bonds. The lowest BCUT2D eigenvalue weighted by atomic mass is 10.2. The molecule has 0 radical (unpaired) electrons. The maximum absolute atomic E-state index is 5.19. The first kappa shape index (κ1) is 12.6. The van der Waals surface area contributed by atoms with Gasteiger partial charge in [-0.1, -0.05) is 18.6 Å². The number of rotatable bonds is 6. The van der Waals surface area contributed by atoms with Crippen LogP contribution in [-0.2, 0) is 9.47 Å². The minimum atomic E-state index is -0.213. The maximum Gasteiger partial charge on any atom is 0.175 e. The van der Waals surface area contributed by atoms with Gasteiger partial charge in [-0.15, -0.1) is 0 Å². The van der Waals surface area contributed by atoms with Crippen LogP contribution in [0.4, 0.5) is 0 Å². The average Bonchev–Trinajstić information content (AvgIpc) is 2.05. The summed E-state index contributed by atoms with van der Waals surface area (Å²) in [5.41, 5.74) is 1.25. The quantitative estimate of drug-likeness (QED) is 0.505. The van der Waals surface area contributed by atoms with Crippen LogP contribution in [0.1, 0.15) is 20.8 Å². The van der Waals surface area contributed by atoms with E-state index in [2.05, 4.69) is 32.2 Å². The molecule has 78 valence electrons. The van der Waals surface area contributed by atoms with Crippen LogP contribution in [0.5, 0.6) is 0 Å². The summed E-state index contributed by atoms with van der Waals surface area (Å²) < 4.78 is 10.4. The van der Waals surface area contributed by atoms with Crippen LogP contribution in [0.25, 0.3) is 0 Å². The van der Waals surface area contributed by atoms with E-state index < -0.39 is 0 Å². The van der Waals surface area contributed by atoms with Crippen LogP contribution in [0.2, 0.25) is 0 Å². The Balaban J connectivity index is 4.29. The fraction of sp³-hybridized carbons (Fsp3) is 0.800. The Hall–Kier alpha value is -0.380. The number of allylic oxidation sites excluding steroid dienone is 1. The molecule has 0 spiro atoms. The van der Waals surface area contributed by atoms with Crippen LogP contribution >= 0.6 is 0 Å². The number of likely N-dealkylation sites (N-methyl/N-ethyl adjacent to an activating group) is 1. The minimum Gasteiger partial charge on any atom is -0.354 e. The monoisotopic (exact) mass is 187 g/mol. The maximum atomic E-state index is 5.19. The van der Waals surface area contributed by atoms with Gasteiger partial charge in [0.2, 0.25) is 0 Å². The minimum absolute atomic E-state index is 0.130. The molecule has 0 aromatic heterocycles. The summed E-state index contributed by atoms with van der Waals surface area (Å²) in [5.74, 6) is 0. The highest BCUT2D eigenvalue weighted by Gasteiger charge is 2.16. The fourth-order valence-electron chi connectivity index (χ4n) is 1.22. The molecule has 0 aromatic rings. The highest BCUT2D eigenvalue weighted by Crippen LogP contribution is 2.04. The Morgan fingerprint density at radius 2 is 1.85 bits per heavy atom. The molecule has 0 bridgehead atoms. The molecule has 0 fully saturated rings. The van der Waals surface area contributed by atoms with E-state index in [4.69, 9.17) is 9.47 Å². The lowest BCUT2D eigenvalue weighted by molar-refractivity contribution is -0.113. The zero-order valence-electron chi connectivity index (χ0n) is 9.26. The molecule has 1 atom stereocenters. The van der Waals surface area contributed by atoms with Gasteiger partial charge in [0.05, 0.1) is 6.04 Å². The van der Waals surface area contributed by atoms with E-state index in [9.17, 15) is 0 Å². The van der Waals surface area contributed by atoms with Crippen molar-refractivity contribution in [1.29, 1.82) is 0 Å². The Labute approximate surface area is 81.1 Å². The normalized spacial score (nSPS) is 13.1. The molecular weight excluding hydrogens is 166 g/mol. The lowest BCUT2D eigenvalue weighted by Crippen LogP contribution is -2.40. The van der Waals surface area contributed by atoms with Crippen molar-refractivity contribution in [2.75, 3.05) is 20.8 Å². The summed E-state index contributed by atoms with van der Waals surface area (Å²) in [6, 6.07) is 0.130.